The second-order valence-electron chi connectivity index (χ2n) is 6.67. The highest BCUT2D eigenvalue weighted by atomic mass is 32.2. The van der Waals surface area contributed by atoms with Crippen molar-refractivity contribution in [2.75, 3.05) is 25.6 Å². The van der Waals surface area contributed by atoms with Gasteiger partial charge in [0.25, 0.3) is 10.0 Å². The second kappa shape index (κ2) is 9.09. The number of rotatable bonds is 7. The van der Waals surface area contributed by atoms with Crippen LogP contribution in [0.25, 0.3) is 0 Å². The largest absolute Gasteiger partial charge is 0.496 e. The minimum Gasteiger partial charge on any atom is -0.496 e. The average Bonchev–Trinajstić information content (AvgIpc) is 2.79. The molecule has 0 radical (unpaired) electrons. The van der Waals surface area contributed by atoms with E-state index in [1.165, 1.54) is 49.8 Å². The third-order valence-corrected chi connectivity index (χ3v) is 6.60. The molecule has 0 atom stereocenters. The first kappa shape index (κ1) is 22.2. The summed E-state index contributed by atoms with van der Waals surface area (Å²) in [7, 11) is 0.793. The number of benzene rings is 3. The van der Waals surface area contributed by atoms with Crippen LogP contribution < -0.4 is 18.5 Å². The lowest BCUT2D eigenvalue weighted by molar-refractivity contribution is 0.0734. The first-order valence-electron chi connectivity index (χ1n) is 9.36. The predicted molar refractivity (Wildman–Crippen MR) is 118 cm³/mol. The fourth-order valence-corrected chi connectivity index (χ4v) is 4.20. The normalized spacial score (nSPS) is 11.0. The molecule has 3 aromatic rings. The van der Waals surface area contributed by atoms with E-state index in [0.717, 1.165) is 5.56 Å². The zero-order chi connectivity index (χ0) is 22.6. The van der Waals surface area contributed by atoms with Crippen LogP contribution in [0.5, 0.6) is 17.2 Å². The number of ether oxygens (including phenoxy) is 3. The number of hydrogen-bond acceptors (Lipinski definition) is 6. The Labute approximate surface area is 181 Å². The van der Waals surface area contributed by atoms with Gasteiger partial charge in [-0.1, -0.05) is 18.2 Å². The minimum atomic E-state index is -3.69. The lowest BCUT2D eigenvalue weighted by atomic mass is 10.1. The molecule has 0 spiro atoms. The zero-order valence-electron chi connectivity index (χ0n) is 17.7. The average molecular weight is 442 g/mol. The summed E-state index contributed by atoms with van der Waals surface area (Å²) in [5, 5.41) is 0. The third-order valence-electron chi connectivity index (χ3n) is 4.80. The molecule has 0 unspecified atom stereocenters. The number of sulfonamides is 1. The molecule has 3 aromatic carbocycles. The van der Waals surface area contributed by atoms with Gasteiger partial charge in [-0.05, 0) is 55.5 Å². The van der Waals surface area contributed by atoms with Gasteiger partial charge < -0.3 is 14.2 Å². The predicted octanol–water partition coefficient (Wildman–Crippen LogP) is 4.06. The Morgan fingerprint density at radius 3 is 1.94 bits per heavy atom. The van der Waals surface area contributed by atoms with Gasteiger partial charge in [-0.25, -0.2) is 13.2 Å². The van der Waals surface area contributed by atoms with Crippen LogP contribution in [-0.4, -0.2) is 35.7 Å². The standard InChI is InChI=1S/C23H23NO6S/c1-16-21(28-3)14-17(15-22(16)29-4)23(25)30-19-12-10-18(11-13-19)24(2)31(26,27)20-8-6-5-7-9-20/h5-15H,1-4H3. The van der Waals surface area contributed by atoms with E-state index in [2.05, 4.69) is 0 Å². The molecule has 3 rings (SSSR count). The molecule has 0 fully saturated rings. The van der Waals surface area contributed by atoms with E-state index in [0.29, 0.717) is 17.2 Å². The third kappa shape index (κ3) is 4.64. The van der Waals surface area contributed by atoms with Gasteiger partial charge in [0.05, 0.1) is 30.4 Å². The Kier molecular flexibility index (Phi) is 6.50. The highest BCUT2D eigenvalue weighted by Crippen LogP contribution is 2.30. The van der Waals surface area contributed by atoms with E-state index in [1.807, 2.05) is 6.92 Å². The van der Waals surface area contributed by atoms with Crippen LogP contribution in [0.4, 0.5) is 5.69 Å². The van der Waals surface area contributed by atoms with Crippen LogP contribution in [-0.2, 0) is 10.0 Å². The fourth-order valence-electron chi connectivity index (χ4n) is 2.98. The van der Waals surface area contributed by atoms with E-state index in [4.69, 9.17) is 14.2 Å². The van der Waals surface area contributed by atoms with Crippen LogP contribution in [0.3, 0.4) is 0 Å². The summed E-state index contributed by atoms with van der Waals surface area (Å²) in [4.78, 5) is 12.8. The molecule has 0 bridgehead atoms. The van der Waals surface area contributed by atoms with Crippen molar-refractivity contribution >= 4 is 21.7 Å². The molecule has 0 aromatic heterocycles. The molecule has 31 heavy (non-hydrogen) atoms. The Morgan fingerprint density at radius 1 is 0.871 bits per heavy atom. The molecular weight excluding hydrogens is 418 g/mol. The second-order valence-corrected chi connectivity index (χ2v) is 8.64. The van der Waals surface area contributed by atoms with Gasteiger partial charge in [0, 0.05) is 12.6 Å². The highest BCUT2D eigenvalue weighted by molar-refractivity contribution is 7.92. The van der Waals surface area contributed by atoms with E-state index in [1.54, 1.807) is 42.5 Å². The highest BCUT2D eigenvalue weighted by Gasteiger charge is 2.21. The monoisotopic (exact) mass is 441 g/mol. The van der Waals surface area contributed by atoms with Gasteiger partial charge in [-0.15, -0.1) is 0 Å². The molecule has 8 heteroatoms. The Hall–Kier alpha value is -3.52. The Bertz CT molecular complexity index is 1150. The van der Waals surface area contributed by atoms with Crippen LogP contribution >= 0.6 is 0 Å². The summed E-state index contributed by atoms with van der Waals surface area (Å²) in [6, 6.07) is 17.5. The molecule has 0 aliphatic heterocycles. The lowest BCUT2D eigenvalue weighted by Crippen LogP contribution is -2.26. The number of anilines is 1. The summed E-state index contributed by atoms with van der Waals surface area (Å²) in [5.74, 6) is 0.705. The molecular formula is C23H23NO6S. The molecule has 0 saturated carbocycles. The summed E-state index contributed by atoms with van der Waals surface area (Å²) >= 11 is 0. The van der Waals surface area contributed by atoms with Gasteiger partial charge in [0.15, 0.2) is 0 Å². The van der Waals surface area contributed by atoms with Crippen molar-refractivity contribution in [1.82, 2.24) is 0 Å². The van der Waals surface area contributed by atoms with Crippen LogP contribution in [0.15, 0.2) is 71.6 Å². The summed E-state index contributed by atoms with van der Waals surface area (Å²) in [6.07, 6.45) is 0. The van der Waals surface area contributed by atoms with Crippen molar-refractivity contribution in [3.63, 3.8) is 0 Å². The zero-order valence-corrected chi connectivity index (χ0v) is 18.5. The first-order valence-corrected chi connectivity index (χ1v) is 10.8. The maximum atomic E-state index is 12.7. The number of hydrogen-bond donors (Lipinski definition) is 0. The quantitative estimate of drug-likeness (QED) is 0.406. The molecule has 0 amide bonds. The topological polar surface area (TPSA) is 82.1 Å². The summed E-state index contributed by atoms with van der Waals surface area (Å²) in [5.41, 5.74) is 1.48. The van der Waals surface area contributed by atoms with Crippen molar-refractivity contribution < 1.29 is 27.4 Å². The molecule has 0 aliphatic rings. The van der Waals surface area contributed by atoms with E-state index < -0.39 is 16.0 Å². The maximum Gasteiger partial charge on any atom is 0.343 e. The van der Waals surface area contributed by atoms with Gasteiger partial charge in [-0.3, -0.25) is 4.31 Å². The fraction of sp³-hybridized carbons (Fsp3) is 0.174. The van der Waals surface area contributed by atoms with Gasteiger partial charge in [0.1, 0.15) is 17.2 Å². The summed E-state index contributed by atoms with van der Waals surface area (Å²) < 4.78 is 42.7. The van der Waals surface area contributed by atoms with E-state index >= 15 is 0 Å². The number of methoxy groups -OCH3 is 2. The van der Waals surface area contributed by atoms with E-state index in [9.17, 15) is 13.2 Å². The number of carbonyl (C=O) groups is 1. The Morgan fingerprint density at radius 2 is 1.42 bits per heavy atom. The van der Waals surface area contributed by atoms with Crippen molar-refractivity contribution in [3.8, 4) is 17.2 Å². The van der Waals surface area contributed by atoms with Gasteiger partial charge in [0.2, 0.25) is 0 Å². The number of nitrogens with zero attached hydrogens (tertiary/aromatic N) is 1. The first-order chi connectivity index (χ1) is 14.8. The van der Waals surface area contributed by atoms with Crippen molar-refractivity contribution in [2.45, 2.75) is 11.8 Å². The molecule has 0 N–H and O–H groups in total. The SMILES string of the molecule is COc1cc(C(=O)Oc2ccc(N(C)S(=O)(=O)c3ccccc3)cc2)cc(OC)c1C. The summed E-state index contributed by atoms with van der Waals surface area (Å²) in [6.45, 7) is 1.82. The lowest BCUT2D eigenvalue weighted by Gasteiger charge is -2.19. The Balaban J connectivity index is 1.79. The van der Waals surface area contributed by atoms with Crippen molar-refractivity contribution in [3.05, 3.63) is 77.9 Å². The van der Waals surface area contributed by atoms with Crippen LogP contribution in [0, 0.1) is 6.92 Å². The van der Waals surface area contributed by atoms with Gasteiger partial charge >= 0.3 is 5.97 Å². The van der Waals surface area contributed by atoms with Gasteiger partial charge in [-0.2, -0.15) is 0 Å². The maximum absolute atomic E-state index is 12.7. The van der Waals surface area contributed by atoms with E-state index in [-0.39, 0.29) is 16.2 Å². The van der Waals surface area contributed by atoms with Crippen LogP contribution in [0.1, 0.15) is 15.9 Å². The molecule has 0 saturated heterocycles. The number of carbonyl (C=O) groups excluding carboxylic acids is 1. The van der Waals surface area contributed by atoms with Crippen molar-refractivity contribution in [1.29, 1.82) is 0 Å². The molecule has 0 aliphatic carbocycles. The molecule has 7 nitrogen and oxygen atoms in total. The van der Waals surface area contributed by atoms with Crippen molar-refractivity contribution in [2.24, 2.45) is 0 Å². The minimum absolute atomic E-state index is 0.190. The molecule has 162 valence electrons. The smallest absolute Gasteiger partial charge is 0.343 e. The number of esters is 1. The van der Waals surface area contributed by atoms with Crippen LogP contribution in [0.2, 0.25) is 0 Å². The molecule has 0 heterocycles.